The molecule has 9 nitrogen and oxygen atoms in total. The van der Waals surface area contributed by atoms with Crippen molar-refractivity contribution in [3.05, 3.63) is 94.0 Å². The van der Waals surface area contributed by atoms with E-state index in [4.69, 9.17) is 4.74 Å². The highest BCUT2D eigenvalue weighted by Gasteiger charge is 2.24. The molecule has 1 N–H and O–H groups in total. The molecule has 4 aromatic rings. The van der Waals surface area contributed by atoms with Crippen molar-refractivity contribution in [1.29, 1.82) is 0 Å². The monoisotopic (exact) mass is 501 g/mol. The van der Waals surface area contributed by atoms with E-state index >= 15 is 0 Å². The number of methoxy groups -OCH3 is 1. The number of hydrogen-bond donors (Lipinski definition) is 1. The van der Waals surface area contributed by atoms with Crippen LogP contribution in [0.2, 0.25) is 0 Å². The van der Waals surface area contributed by atoms with Crippen LogP contribution in [0.25, 0.3) is 17.1 Å². The third-order valence-electron chi connectivity index (χ3n) is 5.79. The number of hydrogen-bond acceptors (Lipinski definition) is 7. The SMILES string of the molecule is COc1ccccc1-n1c(SCc2ccc(C(=O)NC3CC3)cc2)nnc1-c1ccc([N+](=O)[O-])cc1. The van der Waals surface area contributed by atoms with Crippen LogP contribution in [0.3, 0.4) is 0 Å². The van der Waals surface area contributed by atoms with Gasteiger partial charge in [-0.1, -0.05) is 36.0 Å². The van der Waals surface area contributed by atoms with Gasteiger partial charge in [0, 0.05) is 35.1 Å². The number of para-hydroxylation sites is 2. The van der Waals surface area contributed by atoms with Crippen LogP contribution in [0, 0.1) is 10.1 Å². The number of non-ortho nitro benzene ring substituents is 1. The van der Waals surface area contributed by atoms with Crippen molar-refractivity contribution in [2.45, 2.75) is 29.8 Å². The van der Waals surface area contributed by atoms with Crippen LogP contribution in [-0.4, -0.2) is 38.7 Å². The third kappa shape index (κ3) is 5.08. The Hall–Kier alpha value is -4.18. The van der Waals surface area contributed by atoms with E-state index in [1.54, 1.807) is 19.2 Å². The van der Waals surface area contributed by atoms with Crippen LogP contribution in [0.4, 0.5) is 5.69 Å². The topological polar surface area (TPSA) is 112 Å². The number of carbonyl (C=O) groups excluding carboxylic acids is 1. The van der Waals surface area contributed by atoms with Gasteiger partial charge in [0.25, 0.3) is 11.6 Å². The summed E-state index contributed by atoms with van der Waals surface area (Å²) >= 11 is 1.50. The molecule has 36 heavy (non-hydrogen) atoms. The zero-order valence-electron chi connectivity index (χ0n) is 19.5. The fourth-order valence-corrected chi connectivity index (χ4v) is 4.61. The van der Waals surface area contributed by atoms with Crippen LogP contribution in [0.5, 0.6) is 5.75 Å². The number of ether oxygens (including phenoxy) is 1. The summed E-state index contributed by atoms with van der Waals surface area (Å²) in [7, 11) is 1.60. The second-order valence-electron chi connectivity index (χ2n) is 8.35. The van der Waals surface area contributed by atoms with Crippen LogP contribution < -0.4 is 10.1 Å². The van der Waals surface area contributed by atoms with E-state index < -0.39 is 4.92 Å². The Morgan fingerprint density at radius 2 is 1.81 bits per heavy atom. The molecule has 3 aromatic carbocycles. The summed E-state index contributed by atoms with van der Waals surface area (Å²) in [5.74, 6) is 1.76. The molecule has 1 aromatic heterocycles. The molecule has 0 unspecified atom stereocenters. The van der Waals surface area contributed by atoms with Gasteiger partial charge in [-0.3, -0.25) is 19.5 Å². The maximum Gasteiger partial charge on any atom is 0.269 e. The second-order valence-corrected chi connectivity index (χ2v) is 9.29. The summed E-state index contributed by atoms with van der Waals surface area (Å²) in [6.07, 6.45) is 2.10. The van der Waals surface area contributed by atoms with Crippen molar-refractivity contribution in [3.8, 4) is 22.8 Å². The second kappa shape index (κ2) is 10.2. The van der Waals surface area contributed by atoms with E-state index in [0.717, 1.165) is 24.1 Å². The first-order valence-electron chi connectivity index (χ1n) is 11.4. The number of carbonyl (C=O) groups is 1. The minimum absolute atomic E-state index is 0.00552. The molecule has 1 amide bonds. The van der Waals surface area contributed by atoms with Crippen LogP contribution in [0.1, 0.15) is 28.8 Å². The molecule has 1 heterocycles. The van der Waals surface area contributed by atoms with E-state index in [-0.39, 0.29) is 11.6 Å². The lowest BCUT2D eigenvalue weighted by atomic mass is 10.1. The van der Waals surface area contributed by atoms with E-state index in [1.807, 2.05) is 53.1 Å². The molecule has 1 aliphatic carbocycles. The maximum atomic E-state index is 12.3. The maximum absolute atomic E-state index is 12.3. The highest BCUT2D eigenvalue weighted by Crippen LogP contribution is 2.34. The molecule has 0 bridgehead atoms. The van der Waals surface area contributed by atoms with Gasteiger partial charge in [0.15, 0.2) is 11.0 Å². The predicted octanol–water partition coefficient (Wildman–Crippen LogP) is 5.04. The molecule has 1 saturated carbocycles. The van der Waals surface area contributed by atoms with Crippen molar-refractivity contribution in [3.63, 3.8) is 0 Å². The van der Waals surface area contributed by atoms with E-state index in [1.165, 1.54) is 23.9 Å². The van der Waals surface area contributed by atoms with Crippen molar-refractivity contribution in [2.24, 2.45) is 0 Å². The van der Waals surface area contributed by atoms with E-state index in [0.29, 0.717) is 39.7 Å². The lowest BCUT2D eigenvalue weighted by Crippen LogP contribution is -2.25. The van der Waals surface area contributed by atoms with Gasteiger partial charge in [-0.05, 0) is 54.8 Å². The fraction of sp³-hybridized carbons (Fsp3) is 0.192. The molecule has 10 heteroatoms. The van der Waals surface area contributed by atoms with Crippen LogP contribution in [0.15, 0.2) is 78.0 Å². The number of benzene rings is 3. The van der Waals surface area contributed by atoms with Crippen LogP contribution >= 0.6 is 11.8 Å². The smallest absolute Gasteiger partial charge is 0.269 e. The first-order valence-corrected chi connectivity index (χ1v) is 12.4. The summed E-state index contributed by atoms with van der Waals surface area (Å²) in [4.78, 5) is 22.9. The quantitative estimate of drug-likeness (QED) is 0.194. The highest BCUT2D eigenvalue weighted by molar-refractivity contribution is 7.98. The number of nitrogens with one attached hydrogen (secondary N) is 1. The van der Waals surface area contributed by atoms with Gasteiger partial charge >= 0.3 is 0 Å². The molecule has 5 rings (SSSR count). The summed E-state index contributed by atoms with van der Waals surface area (Å²) in [6, 6.07) is 21.6. The number of amides is 1. The minimum Gasteiger partial charge on any atom is -0.495 e. The Morgan fingerprint density at radius 3 is 2.47 bits per heavy atom. The zero-order valence-corrected chi connectivity index (χ0v) is 20.3. The molecule has 0 aliphatic heterocycles. The van der Waals surface area contributed by atoms with Crippen LogP contribution in [-0.2, 0) is 5.75 Å². The van der Waals surface area contributed by atoms with Gasteiger partial charge < -0.3 is 10.1 Å². The Morgan fingerprint density at radius 1 is 1.08 bits per heavy atom. The van der Waals surface area contributed by atoms with Gasteiger partial charge in [-0.2, -0.15) is 0 Å². The van der Waals surface area contributed by atoms with E-state index in [9.17, 15) is 14.9 Å². The lowest BCUT2D eigenvalue weighted by molar-refractivity contribution is -0.384. The fourth-order valence-electron chi connectivity index (χ4n) is 3.71. The standard InChI is InChI=1S/C26H23N5O4S/c1-35-23-5-3-2-4-22(23)30-24(18-10-14-21(15-11-18)31(33)34)28-29-26(30)36-16-17-6-8-19(9-7-17)25(32)27-20-12-13-20/h2-11,14-15,20H,12-13,16H2,1H3,(H,27,32). The first kappa shape index (κ1) is 23.6. The largest absolute Gasteiger partial charge is 0.495 e. The lowest BCUT2D eigenvalue weighted by Gasteiger charge is -2.14. The number of nitro benzene ring substituents is 1. The Labute approximate surface area is 211 Å². The molecule has 182 valence electrons. The van der Waals surface area contributed by atoms with Gasteiger partial charge in [-0.15, -0.1) is 10.2 Å². The summed E-state index contributed by atoms with van der Waals surface area (Å²) in [5.41, 5.74) is 3.14. The van der Waals surface area contributed by atoms with Crippen molar-refractivity contribution in [1.82, 2.24) is 20.1 Å². The van der Waals surface area contributed by atoms with Crippen molar-refractivity contribution < 1.29 is 14.5 Å². The molecule has 0 spiro atoms. The minimum atomic E-state index is -0.434. The number of nitro groups is 1. The van der Waals surface area contributed by atoms with Gasteiger partial charge in [0.2, 0.25) is 0 Å². The third-order valence-corrected chi connectivity index (χ3v) is 6.79. The average molecular weight is 502 g/mol. The normalized spacial score (nSPS) is 12.8. The average Bonchev–Trinajstić information content (AvgIpc) is 3.63. The number of thioether (sulfide) groups is 1. The number of aromatic nitrogens is 3. The van der Waals surface area contributed by atoms with Gasteiger partial charge in [-0.25, -0.2) is 0 Å². The summed E-state index contributed by atoms with van der Waals surface area (Å²) in [5, 5.41) is 23.6. The Kier molecular flexibility index (Phi) is 6.68. The Balaban J connectivity index is 1.43. The summed E-state index contributed by atoms with van der Waals surface area (Å²) in [6.45, 7) is 0. The van der Waals surface area contributed by atoms with Gasteiger partial charge in [0.05, 0.1) is 17.7 Å². The molecule has 1 aliphatic rings. The number of rotatable bonds is 9. The molecule has 0 atom stereocenters. The molecular formula is C26H23N5O4S. The molecular weight excluding hydrogens is 478 g/mol. The first-order chi connectivity index (χ1) is 17.5. The molecule has 0 saturated heterocycles. The highest BCUT2D eigenvalue weighted by atomic mass is 32.2. The van der Waals surface area contributed by atoms with Crippen molar-refractivity contribution >= 4 is 23.4 Å². The number of nitrogens with zero attached hydrogens (tertiary/aromatic N) is 4. The molecule has 1 fully saturated rings. The summed E-state index contributed by atoms with van der Waals surface area (Å²) < 4.78 is 7.47. The van der Waals surface area contributed by atoms with Gasteiger partial charge in [0.1, 0.15) is 5.75 Å². The van der Waals surface area contributed by atoms with Crippen molar-refractivity contribution in [2.75, 3.05) is 7.11 Å². The predicted molar refractivity (Wildman–Crippen MR) is 136 cm³/mol. The Bertz CT molecular complexity index is 1400. The molecule has 0 radical (unpaired) electrons. The van der Waals surface area contributed by atoms with E-state index in [2.05, 4.69) is 15.5 Å². The zero-order chi connectivity index (χ0) is 25.1.